The molecule has 0 aromatic heterocycles. The van der Waals surface area contributed by atoms with E-state index in [2.05, 4.69) is 5.32 Å². The zero-order valence-electron chi connectivity index (χ0n) is 11.3. The van der Waals surface area contributed by atoms with E-state index in [-0.39, 0.29) is 5.91 Å². The number of benzene rings is 1. The number of nitrogen functional groups attached to an aromatic ring is 1. The summed E-state index contributed by atoms with van der Waals surface area (Å²) < 4.78 is 0. The maximum atomic E-state index is 11.1. The number of anilines is 1. The number of rotatable bonds is 6. The van der Waals surface area contributed by atoms with Gasteiger partial charge < -0.3 is 21.7 Å². The molecule has 1 aromatic rings. The first-order valence-electron chi connectivity index (χ1n) is 6.01. The van der Waals surface area contributed by atoms with Crippen molar-refractivity contribution in [3.63, 3.8) is 0 Å². The van der Waals surface area contributed by atoms with Gasteiger partial charge in [0.05, 0.1) is 0 Å². The number of carbonyl (C=O) groups is 2. The Morgan fingerprint density at radius 1 is 1.37 bits per heavy atom. The number of carbonyl (C=O) groups excluding carboxylic acids is 2. The molecule has 0 bridgehead atoms. The molecule has 0 saturated heterocycles. The molecule has 6 nitrogen and oxygen atoms in total. The summed E-state index contributed by atoms with van der Waals surface area (Å²) in [6.45, 7) is 1.25. The van der Waals surface area contributed by atoms with E-state index in [4.69, 9.17) is 11.5 Å². The van der Waals surface area contributed by atoms with Crippen molar-refractivity contribution in [1.82, 2.24) is 10.2 Å². The van der Waals surface area contributed by atoms with Crippen molar-refractivity contribution in [2.45, 2.75) is 13.0 Å². The zero-order chi connectivity index (χ0) is 14.4. The minimum absolute atomic E-state index is 0.00361. The van der Waals surface area contributed by atoms with Gasteiger partial charge in [0.2, 0.25) is 11.8 Å². The summed E-state index contributed by atoms with van der Waals surface area (Å²) in [6, 6.07) is 5.01. The fraction of sp³-hybridized carbons (Fsp3) is 0.385. The van der Waals surface area contributed by atoms with Crippen LogP contribution in [0, 0.1) is 0 Å². The molecule has 104 valence electrons. The van der Waals surface area contributed by atoms with E-state index in [1.165, 1.54) is 0 Å². The molecule has 6 heteroatoms. The van der Waals surface area contributed by atoms with Crippen LogP contribution < -0.4 is 16.8 Å². The van der Waals surface area contributed by atoms with Gasteiger partial charge in [0.1, 0.15) is 0 Å². The van der Waals surface area contributed by atoms with Gasteiger partial charge in [0, 0.05) is 37.8 Å². The van der Waals surface area contributed by atoms with Crippen LogP contribution in [0.5, 0.6) is 0 Å². The average molecular weight is 264 g/mol. The van der Waals surface area contributed by atoms with Crippen LogP contribution in [0.3, 0.4) is 0 Å². The average Bonchev–Trinajstić information content (AvgIpc) is 2.38. The number of hydrogen-bond acceptors (Lipinski definition) is 4. The molecule has 0 saturated carbocycles. The number of hydrogen-bond donors (Lipinski definition) is 3. The summed E-state index contributed by atoms with van der Waals surface area (Å²) in [5.41, 5.74) is 12.9. The molecule has 0 radical (unpaired) electrons. The van der Waals surface area contributed by atoms with Gasteiger partial charge in [-0.2, -0.15) is 0 Å². The molecular formula is C13H20N4O2. The highest BCUT2D eigenvalue weighted by Crippen LogP contribution is 2.15. The Balaban J connectivity index is 2.62. The molecule has 0 heterocycles. The molecule has 1 aromatic carbocycles. The molecule has 0 spiro atoms. The number of nitrogens with zero attached hydrogens (tertiary/aromatic N) is 1. The van der Waals surface area contributed by atoms with Crippen LogP contribution in [-0.2, 0) is 11.3 Å². The van der Waals surface area contributed by atoms with Crippen molar-refractivity contribution in [1.29, 1.82) is 0 Å². The van der Waals surface area contributed by atoms with E-state index in [0.29, 0.717) is 30.8 Å². The SMILES string of the molecule is CNC(=O)CCN(C)Cc1ccc(C(N)=O)cc1N. The number of nitrogens with one attached hydrogen (secondary N) is 1. The van der Waals surface area contributed by atoms with Crippen molar-refractivity contribution in [2.24, 2.45) is 5.73 Å². The van der Waals surface area contributed by atoms with Gasteiger partial charge in [-0.05, 0) is 24.7 Å². The molecule has 0 fully saturated rings. The van der Waals surface area contributed by atoms with E-state index < -0.39 is 5.91 Å². The highest BCUT2D eigenvalue weighted by molar-refractivity contribution is 5.93. The fourth-order valence-corrected chi connectivity index (χ4v) is 1.68. The molecule has 2 amide bonds. The zero-order valence-corrected chi connectivity index (χ0v) is 11.3. The van der Waals surface area contributed by atoms with Crippen LogP contribution in [0.15, 0.2) is 18.2 Å². The van der Waals surface area contributed by atoms with Crippen molar-refractivity contribution in [3.05, 3.63) is 29.3 Å². The van der Waals surface area contributed by atoms with E-state index in [1.807, 2.05) is 11.9 Å². The maximum absolute atomic E-state index is 11.1. The third-order valence-corrected chi connectivity index (χ3v) is 2.87. The summed E-state index contributed by atoms with van der Waals surface area (Å²) in [6.07, 6.45) is 0.437. The summed E-state index contributed by atoms with van der Waals surface area (Å²) in [5.74, 6) is -0.491. The molecule has 0 aliphatic rings. The third-order valence-electron chi connectivity index (χ3n) is 2.87. The second kappa shape index (κ2) is 6.75. The van der Waals surface area contributed by atoms with Crippen LogP contribution in [-0.4, -0.2) is 37.4 Å². The minimum Gasteiger partial charge on any atom is -0.398 e. The number of primary amides is 1. The summed E-state index contributed by atoms with van der Waals surface area (Å²) in [7, 11) is 3.52. The quantitative estimate of drug-likeness (QED) is 0.626. The van der Waals surface area contributed by atoms with Gasteiger partial charge in [0.25, 0.3) is 0 Å². The Morgan fingerprint density at radius 3 is 2.58 bits per heavy atom. The summed E-state index contributed by atoms with van der Waals surface area (Å²) in [5, 5.41) is 2.57. The lowest BCUT2D eigenvalue weighted by Crippen LogP contribution is -2.26. The number of nitrogens with two attached hydrogens (primary N) is 2. The second-order valence-corrected chi connectivity index (χ2v) is 4.44. The van der Waals surface area contributed by atoms with E-state index in [0.717, 1.165) is 5.56 Å². The van der Waals surface area contributed by atoms with Crippen molar-refractivity contribution >= 4 is 17.5 Å². The molecule has 0 aliphatic heterocycles. The Hall–Kier alpha value is -2.08. The molecular weight excluding hydrogens is 244 g/mol. The smallest absolute Gasteiger partial charge is 0.248 e. The highest BCUT2D eigenvalue weighted by atomic mass is 16.1. The van der Waals surface area contributed by atoms with Crippen LogP contribution in [0.25, 0.3) is 0 Å². The monoisotopic (exact) mass is 264 g/mol. The van der Waals surface area contributed by atoms with Crippen molar-refractivity contribution in [2.75, 3.05) is 26.4 Å². The predicted octanol–water partition coefficient (Wildman–Crippen LogP) is -0.0644. The molecule has 0 atom stereocenters. The molecule has 0 aliphatic carbocycles. The van der Waals surface area contributed by atoms with E-state index in [1.54, 1.807) is 25.2 Å². The lowest BCUT2D eigenvalue weighted by molar-refractivity contribution is -0.120. The number of amides is 2. The van der Waals surface area contributed by atoms with Crippen LogP contribution in [0.2, 0.25) is 0 Å². The van der Waals surface area contributed by atoms with Gasteiger partial charge in [-0.1, -0.05) is 6.07 Å². The summed E-state index contributed by atoms with van der Waals surface area (Å²) >= 11 is 0. The van der Waals surface area contributed by atoms with Gasteiger partial charge in [0.15, 0.2) is 0 Å². The Labute approximate surface area is 112 Å². The second-order valence-electron chi connectivity index (χ2n) is 4.44. The topological polar surface area (TPSA) is 101 Å². The highest BCUT2D eigenvalue weighted by Gasteiger charge is 2.08. The Morgan fingerprint density at radius 2 is 2.05 bits per heavy atom. The van der Waals surface area contributed by atoms with Crippen molar-refractivity contribution < 1.29 is 9.59 Å². The first-order valence-corrected chi connectivity index (χ1v) is 6.01. The predicted molar refractivity (Wildman–Crippen MR) is 74.4 cm³/mol. The third kappa shape index (κ3) is 4.59. The Kier molecular flexibility index (Phi) is 5.32. The maximum Gasteiger partial charge on any atom is 0.248 e. The molecule has 5 N–H and O–H groups in total. The van der Waals surface area contributed by atoms with Gasteiger partial charge in [-0.15, -0.1) is 0 Å². The first-order chi connectivity index (χ1) is 8.93. The lowest BCUT2D eigenvalue weighted by Gasteiger charge is -2.17. The van der Waals surface area contributed by atoms with Gasteiger partial charge >= 0.3 is 0 Å². The van der Waals surface area contributed by atoms with E-state index >= 15 is 0 Å². The largest absolute Gasteiger partial charge is 0.398 e. The van der Waals surface area contributed by atoms with Crippen LogP contribution in [0.4, 0.5) is 5.69 Å². The molecule has 19 heavy (non-hydrogen) atoms. The van der Waals surface area contributed by atoms with E-state index in [9.17, 15) is 9.59 Å². The fourth-order valence-electron chi connectivity index (χ4n) is 1.68. The first kappa shape index (κ1) is 15.0. The summed E-state index contributed by atoms with van der Waals surface area (Å²) in [4.78, 5) is 24.1. The Bertz CT molecular complexity index is 474. The minimum atomic E-state index is -0.494. The van der Waals surface area contributed by atoms with Crippen LogP contribution in [0.1, 0.15) is 22.3 Å². The van der Waals surface area contributed by atoms with Gasteiger partial charge in [-0.3, -0.25) is 9.59 Å². The van der Waals surface area contributed by atoms with Crippen molar-refractivity contribution in [3.8, 4) is 0 Å². The lowest BCUT2D eigenvalue weighted by atomic mass is 10.1. The molecule has 0 unspecified atom stereocenters. The van der Waals surface area contributed by atoms with Crippen LogP contribution >= 0.6 is 0 Å². The standard InChI is InChI=1S/C13H20N4O2/c1-16-12(18)5-6-17(2)8-10-4-3-9(13(15)19)7-11(10)14/h3-4,7H,5-6,8,14H2,1-2H3,(H2,15,19)(H,16,18). The van der Waals surface area contributed by atoms with Gasteiger partial charge in [-0.25, -0.2) is 0 Å². The normalized spacial score (nSPS) is 10.5. The molecule has 1 rings (SSSR count).